The van der Waals surface area contributed by atoms with E-state index < -0.39 is 0 Å². The van der Waals surface area contributed by atoms with E-state index >= 15 is 0 Å². The topological polar surface area (TPSA) is 37.4 Å². The smallest absolute Gasteiger partial charge is 0.142 e. The van der Waals surface area contributed by atoms with Crippen LogP contribution in [0.25, 0.3) is 0 Å². The summed E-state index contributed by atoms with van der Waals surface area (Å²) in [6, 6.07) is 12.5. The van der Waals surface area contributed by atoms with Crippen LogP contribution in [0, 0.1) is 0 Å². The largest absolute Gasteiger partial charge is 0.491 e. The summed E-state index contributed by atoms with van der Waals surface area (Å²) in [5.41, 5.74) is 3.38. The number of anilines is 2. The number of fused-ring (bicyclic) bond motifs is 1. The minimum Gasteiger partial charge on any atom is -0.491 e. The Labute approximate surface area is 125 Å². The van der Waals surface area contributed by atoms with Gasteiger partial charge in [0.1, 0.15) is 5.75 Å². The van der Waals surface area contributed by atoms with Crippen LogP contribution in [0.15, 0.2) is 42.6 Å². The van der Waals surface area contributed by atoms with E-state index in [4.69, 9.17) is 4.74 Å². The molecule has 0 aliphatic carbocycles. The second-order valence-corrected chi connectivity index (χ2v) is 5.11. The average Bonchev–Trinajstić information content (AvgIpc) is 2.75. The zero-order valence-electron chi connectivity index (χ0n) is 12.4. The first-order chi connectivity index (χ1) is 10.4. The SMILES string of the molecule is CCNCc1cc(N2CCCOc3ccccc32)ccn1. The van der Waals surface area contributed by atoms with Gasteiger partial charge in [-0.25, -0.2) is 0 Å². The molecule has 2 heterocycles. The molecule has 4 heteroatoms. The molecule has 4 nitrogen and oxygen atoms in total. The van der Waals surface area contributed by atoms with Crippen LogP contribution in [0.5, 0.6) is 5.75 Å². The van der Waals surface area contributed by atoms with Gasteiger partial charge in [0.25, 0.3) is 0 Å². The molecule has 1 aliphatic rings. The highest BCUT2D eigenvalue weighted by Crippen LogP contribution is 2.35. The summed E-state index contributed by atoms with van der Waals surface area (Å²) in [6.07, 6.45) is 2.90. The number of para-hydroxylation sites is 2. The molecule has 0 atom stereocenters. The molecule has 1 aromatic heterocycles. The van der Waals surface area contributed by atoms with Crippen molar-refractivity contribution in [3.63, 3.8) is 0 Å². The van der Waals surface area contributed by atoms with Crippen molar-refractivity contribution in [3.05, 3.63) is 48.3 Å². The molecular formula is C17H21N3O. The molecule has 0 bridgehead atoms. The number of nitrogens with one attached hydrogen (secondary N) is 1. The van der Waals surface area contributed by atoms with Gasteiger partial charge in [-0.15, -0.1) is 0 Å². The number of pyridine rings is 1. The maximum absolute atomic E-state index is 5.83. The van der Waals surface area contributed by atoms with E-state index in [1.165, 1.54) is 5.69 Å². The maximum Gasteiger partial charge on any atom is 0.142 e. The van der Waals surface area contributed by atoms with Crippen LogP contribution in [0.2, 0.25) is 0 Å². The lowest BCUT2D eigenvalue weighted by Crippen LogP contribution is -2.19. The van der Waals surface area contributed by atoms with Crippen molar-refractivity contribution in [2.45, 2.75) is 19.9 Å². The molecule has 0 saturated heterocycles. The predicted octanol–water partition coefficient (Wildman–Crippen LogP) is 3.11. The monoisotopic (exact) mass is 283 g/mol. The second kappa shape index (κ2) is 6.59. The number of aromatic nitrogens is 1. The van der Waals surface area contributed by atoms with Crippen LogP contribution in [-0.4, -0.2) is 24.7 Å². The van der Waals surface area contributed by atoms with E-state index in [9.17, 15) is 0 Å². The quantitative estimate of drug-likeness (QED) is 0.935. The van der Waals surface area contributed by atoms with E-state index in [2.05, 4.69) is 46.4 Å². The molecule has 0 spiro atoms. The molecule has 3 rings (SSSR count). The molecule has 0 fully saturated rings. The van der Waals surface area contributed by atoms with Gasteiger partial charge in [-0.1, -0.05) is 19.1 Å². The van der Waals surface area contributed by atoms with Gasteiger partial charge in [0.15, 0.2) is 0 Å². The number of nitrogens with zero attached hydrogens (tertiary/aromatic N) is 2. The Morgan fingerprint density at radius 3 is 3.10 bits per heavy atom. The van der Waals surface area contributed by atoms with Gasteiger partial charge >= 0.3 is 0 Å². The number of rotatable bonds is 4. The fourth-order valence-corrected chi connectivity index (χ4v) is 2.58. The first kappa shape index (κ1) is 13.9. The molecule has 1 aromatic carbocycles. The van der Waals surface area contributed by atoms with Crippen molar-refractivity contribution in [2.75, 3.05) is 24.6 Å². The van der Waals surface area contributed by atoms with Crippen LogP contribution in [0.4, 0.5) is 11.4 Å². The van der Waals surface area contributed by atoms with E-state index in [1.807, 2.05) is 18.3 Å². The van der Waals surface area contributed by atoms with E-state index in [0.717, 1.165) is 49.8 Å². The molecular weight excluding hydrogens is 262 g/mol. The number of benzene rings is 1. The minimum absolute atomic E-state index is 0.767. The van der Waals surface area contributed by atoms with Crippen molar-refractivity contribution in [2.24, 2.45) is 0 Å². The fourth-order valence-electron chi connectivity index (χ4n) is 2.58. The minimum atomic E-state index is 0.767. The number of ether oxygens (including phenoxy) is 1. The first-order valence-corrected chi connectivity index (χ1v) is 7.53. The van der Waals surface area contributed by atoms with Crippen molar-refractivity contribution in [1.29, 1.82) is 0 Å². The molecule has 1 N–H and O–H groups in total. The van der Waals surface area contributed by atoms with Crippen molar-refractivity contribution < 1.29 is 4.74 Å². The van der Waals surface area contributed by atoms with E-state index in [1.54, 1.807) is 0 Å². The Morgan fingerprint density at radius 1 is 1.29 bits per heavy atom. The van der Waals surface area contributed by atoms with Gasteiger partial charge in [0.2, 0.25) is 0 Å². The Hall–Kier alpha value is -2.07. The van der Waals surface area contributed by atoms with Crippen molar-refractivity contribution in [3.8, 4) is 5.75 Å². The summed E-state index contributed by atoms with van der Waals surface area (Å²) in [5.74, 6) is 0.958. The Kier molecular flexibility index (Phi) is 4.36. The molecule has 0 amide bonds. The lowest BCUT2D eigenvalue weighted by atomic mass is 10.2. The van der Waals surface area contributed by atoms with Crippen LogP contribution >= 0.6 is 0 Å². The van der Waals surface area contributed by atoms with Gasteiger partial charge < -0.3 is 15.0 Å². The normalized spacial score (nSPS) is 14.2. The summed E-state index contributed by atoms with van der Waals surface area (Å²) in [4.78, 5) is 6.75. The molecule has 0 radical (unpaired) electrons. The predicted molar refractivity (Wildman–Crippen MR) is 85.2 cm³/mol. The summed E-state index contributed by atoms with van der Waals surface area (Å²) >= 11 is 0. The highest BCUT2D eigenvalue weighted by Gasteiger charge is 2.17. The standard InChI is InChI=1S/C17H21N3O/c1-2-18-13-14-12-15(8-9-19-14)20-10-5-11-21-17-7-4-3-6-16(17)20/h3-4,6-9,12,18H,2,5,10-11,13H2,1H3. The van der Waals surface area contributed by atoms with Crippen LogP contribution in [0.3, 0.4) is 0 Å². The van der Waals surface area contributed by atoms with E-state index in [-0.39, 0.29) is 0 Å². The summed E-state index contributed by atoms with van der Waals surface area (Å²) < 4.78 is 5.83. The van der Waals surface area contributed by atoms with Crippen LogP contribution in [0.1, 0.15) is 19.0 Å². The van der Waals surface area contributed by atoms with Crippen LogP contribution < -0.4 is 15.0 Å². The summed E-state index contributed by atoms with van der Waals surface area (Å²) in [7, 11) is 0. The third-order valence-electron chi connectivity index (χ3n) is 3.61. The van der Waals surface area contributed by atoms with Crippen molar-refractivity contribution in [1.82, 2.24) is 10.3 Å². The highest BCUT2D eigenvalue weighted by molar-refractivity contribution is 5.69. The van der Waals surface area contributed by atoms with Gasteiger partial charge in [-0.05, 0) is 37.2 Å². The third kappa shape index (κ3) is 3.16. The van der Waals surface area contributed by atoms with Gasteiger partial charge in [0.05, 0.1) is 18.0 Å². The molecule has 0 unspecified atom stereocenters. The molecule has 0 saturated carbocycles. The molecule has 110 valence electrons. The lowest BCUT2D eigenvalue weighted by Gasteiger charge is -2.24. The Morgan fingerprint density at radius 2 is 2.19 bits per heavy atom. The number of hydrogen-bond donors (Lipinski definition) is 1. The van der Waals surface area contributed by atoms with Gasteiger partial charge in [-0.3, -0.25) is 4.98 Å². The molecule has 21 heavy (non-hydrogen) atoms. The summed E-state index contributed by atoms with van der Waals surface area (Å²) in [5, 5.41) is 3.32. The lowest BCUT2D eigenvalue weighted by molar-refractivity contribution is 0.322. The highest BCUT2D eigenvalue weighted by atomic mass is 16.5. The van der Waals surface area contributed by atoms with E-state index in [0.29, 0.717) is 0 Å². The third-order valence-corrected chi connectivity index (χ3v) is 3.61. The zero-order valence-corrected chi connectivity index (χ0v) is 12.4. The van der Waals surface area contributed by atoms with Gasteiger partial charge in [-0.2, -0.15) is 0 Å². The summed E-state index contributed by atoms with van der Waals surface area (Å²) in [6.45, 7) is 5.58. The van der Waals surface area contributed by atoms with Gasteiger partial charge in [0, 0.05) is 25.0 Å². The molecule has 2 aromatic rings. The van der Waals surface area contributed by atoms with Crippen molar-refractivity contribution >= 4 is 11.4 Å². The second-order valence-electron chi connectivity index (χ2n) is 5.11. The van der Waals surface area contributed by atoms with Crippen LogP contribution in [-0.2, 0) is 6.54 Å². The number of hydrogen-bond acceptors (Lipinski definition) is 4. The first-order valence-electron chi connectivity index (χ1n) is 7.53. The zero-order chi connectivity index (χ0) is 14.5. The molecule has 1 aliphatic heterocycles. The Balaban J connectivity index is 1.92. The fraction of sp³-hybridized carbons (Fsp3) is 0.353. The maximum atomic E-state index is 5.83. The average molecular weight is 283 g/mol. The Bertz CT molecular complexity index is 600.